The molecule has 0 aliphatic rings. The van der Waals surface area contributed by atoms with Crippen LogP contribution in [0.3, 0.4) is 0 Å². The van der Waals surface area contributed by atoms with Crippen LogP contribution in [0.5, 0.6) is 5.75 Å². The molecule has 0 spiro atoms. The molecule has 3 heteroatoms. The molecule has 0 N–H and O–H groups in total. The van der Waals surface area contributed by atoms with Crippen LogP contribution in [0.1, 0.15) is 35.7 Å². The molecule has 0 aromatic heterocycles. The first-order chi connectivity index (χ1) is 10.3. The van der Waals surface area contributed by atoms with Crippen LogP contribution in [0.25, 0.3) is 0 Å². The summed E-state index contributed by atoms with van der Waals surface area (Å²) < 4.78 is 7.05. The van der Waals surface area contributed by atoms with E-state index in [1.54, 1.807) is 0 Å². The first-order valence-electron chi connectivity index (χ1n) is 7.23. The Bertz CT molecular complexity index is 567. The van der Waals surface area contributed by atoms with Crippen molar-refractivity contribution >= 4 is 25.7 Å². The summed E-state index contributed by atoms with van der Waals surface area (Å²) in [5.74, 6) is 0.861. The van der Waals surface area contributed by atoms with Crippen molar-refractivity contribution in [1.29, 1.82) is 0 Å². The molecule has 0 bridgehead atoms. The maximum absolute atomic E-state index is 11.2. The van der Waals surface area contributed by atoms with Gasteiger partial charge in [-0.25, -0.2) is 0 Å². The van der Waals surface area contributed by atoms with Crippen LogP contribution < -0.4 is 9.20 Å². The van der Waals surface area contributed by atoms with E-state index >= 15 is 0 Å². The van der Waals surface area contributed by atoms with Crippen LogP contribution in [0, 0.1) is 0 Å². The summed E-state index contributed by atoms with van der Waals surface area (Å²) >= 11 is 0.291. The molecule has 0 unspecified atom stereocenters. The number of rotatable bonds is 8. The second-order valence-corrected chi connectivity index (χ2v) is 7.09. The second-order valence-electron chi connectivity index (χ2n) is 4.77. The molecule has 0 heterocycles. The van der Waals surface area contributed by atoms with Gasteiger partial charge < -0.3 is 0 Å². The molecule has 2 rings (SSSR count). The molecule has 0 saturated carbocycles. The first kappa shape index (κ1) is 15.8. The van der Waals surface area contributed by atoms with Crippen molar-refractivity contribution in [1.82, 2.24) is 0 Å². The van der Waals surface area contributed by atoms with Crippen LogP contribution in [0.15, 0.2) is 48.5 Å². The van der Waals surface area contributed by atoms with Crippen LogP contribution >= 0.6 is 0 Å². The fourth-order valence-electron chi connectivity index (χ4n) is 1.95. The standard InChI is InChI=1S/C18H20O2Se/c1-2-3-12-21-18-16(13-19)10-7-11-17(18)20-14-15-8-5-4-6-9-15/h4-11,13H,2-3,12,14H2,1H3. The fourth-order valence-corrected chi connectivity index (χ4v) is 4.44. The molecule has 0 aliphatic heterocycles. The summed E-state index contributed by atoms with van der Waals surface area (Å²) in [4.78, 5) is 11.2. The number of carbonyl (C=O) groups is 1. The van der Waals surface area contributed by atoms with E-state index in [1.165, 1.54) is 12.8 Å². The van der Waals surface area contributed by atoms with E-state index in [2.05, 4.69) is 6.92 Å². The molecular weight excluding hydrogens is 327 g/mol. The predicted octanol–water partition coefficient (Wildman–Crippen LogP) is 3.63. The number of hydrogen-bond acceptors (Lipinski definition) is 2. The minimum absolute atomic E-state index is 0.291. The summed E-state index contributed by atoms with van der Waals surface area (Å²) in [5, 5.41) is 1.15. The Morgan fingerprint density at radius 2 is 1.90 bits per heavy atom. The average Bonchev–Trinajstić information content (AvgIpc) is 2.54. The van der Waals surface area contributed by atoms with Gasteiger partial charge in [-0.05, 0) is 0 Å². The van der Waals surface area contributed by atoms with Gasteiger partial charge in [0.2, 0.25) is 0 Å². The summed E-state index contributed by atoms with van der Waals surface area (Å²) in [7, 11) is 0. The Balaban J connectivity index is 2.11. The molecule has 2 aromatic rings. The molecule has 0 amide bonds. The number of unbranched alkanes of at least 4 members (excludes halogenated alkanes) is 1. The molecule has 21 heavy (non-hydrogen) atoms. The van der Waals surface area contributed by atoms with Crippen molar-refractivity contribution < 1.29 is 9.53 Å². The topological polar surface area (TPSA) is 26.3 Å². The van der Waals surface area contributed by atoms with Gasteiger partial charge in [-0.15, -0.1) is 0 Å². The van der Waals surface area contributed by atoms with E-state index in [0.717, 1.165) is 32.9 Å². The molecule has 0 aliphatic carbocycles. The number of benzene rings is 2. The van der Waals surface area contributed by atoms with Gasteiger partial charge in [0.05, 0.1) is 0 Å². The third kappa shape index (κ3) is 4.73. The van der Waals surface area contributed by atoms with Gasteiger partial charge >= 0.3 is 132 Å². The predicted molar refractivity (Wildman–Crippen MR) is 87.7 cm³/mol. The monoisotopic (exact) mass is 348 g/mol. The van der Waals surface area contributed by atoms with Crippen molar-refractivity contribution in [2.24, 2.45) is 0 Å². The number of carbonyl (C=O) groups excluding carboxylic acids is 1. The summed E-state index contributed by atoms with van der Waals surface area (Å²) in [6, 6.07) is 15.8. The minimum atomic E-state index is 0.291. The maximum atomic E-state index is 11.2. The normalized spacial score (nSPS) is 10.3. The van der Waals surface area contributed by atoms with E-state index < -0.39 is 0 Å². The molecule has 110 valence electrons. The Morgan fingerprint density at radius 1 is 1.10 bits per heavy atom. The van der Waals surface area contributed by atoms with Gasteiger partial charge in [0.15, 0.2) is 0 Å². The fraction of sp³-hybridized carbons (Fsp3) is 0.278. The van der Waals surface area contributed by atoms with E-state index in [9.17, 15) is 4.79 Å². The average molecular weight is 347 g/mol. The van der Waals surface area contributed by atoms with Gasteiger partial charge in [-0.3, -0.25) is 0 Å². The molecule has 0 saturated heterocycles. The Kier molecular flexibility index (Phi) is 6.52. The van der Waals surface area contributed by atoms with Crippen molar-refractivity contribution in [3.8, 4) is 5.75 Å². The quantitative estimate of drug-likeness (QED) is 0.414. The van der Waals surface area contributed by atoms with Gasteiger partial charge in [-0.2, -0.15) is 0 Å². The summed E-state index contributed by atoms with van der Waals surface area (Å²) in [6.07, 6.45) is 3.33. The first-order valence-corrected chi connectivity index (χ1v) is 9.29. The van der Waals surface area contributed by atoms with E-state index in [4.69, 9.17) is 4.74 Å². The van der Waals surface area contributed by atoms with Crippen molar-refractivity contribution in [2.45, 2.75) is 31.7 Å². The van der Waals surface area contributed by atoms with E-state index in [0.29, 0.717) is 21.6 Å². The third-order valence-electron chi connectivity index (χ3n) is 3.12. The van der Waals surface area contributed by atoms with Crippen molar-refractivity contribution in [3.05, 3.63) is 59.7 Å². The summed E-state index contributed by atoms with van der Waals surface area (Å²) in [5.41, 5.74) is 1.91. The number of aldehydes is 1. The van der Waals surface area contributed by atoms with Gasteiger partial charge in [-0.1, -0.05) is 0 Å². The van der Waals surface area contributed by atoms with Crippen LogP contribution in [-0.4, -0.2) is 21.2 Å². The Morgan fingerprint density at radius 3 is 2.62 bits per heavy atom. The van der Waals surface area contributed by atoms with Crippen molar-refractivity contribution in [3.63, 3.8) is 0 Å². The molecule has 0 radical (unpaired) electrons. The Hall–Kier alpha value is -1.57. The Labute approximate surface area is 132 Å². The molecule has 0 fully saturated rings. The zero-order chi connectivity index (χ0) is 14.9. The molecular formula is C18H20O2Se. The van der Waals surface area contributed by atoms with E-state index in [-0.39, 0.29) is 0 Å². The SMILES string of the molecule is CCCC[Se]c1c(C=O)cccc1OCc1ccccc1. The zero-order valence-corrected chi connectivity index (χ0v) is 14.0. The van der Waals surface area contributed by atoms with E-state index in [1.807, 2.05) is 48.5 Å². The molecule has 0 atom stereocenters. The zero-order valence-electron chi connectivity index (χ0n) is 12.2. The summed E-state index contributed by atoms with van der Waals surface area (Å²) in [6.45, 7) is 2.73. The molecule has 2 aromatic carbocycles. The van der Waals surface area contributed by atoms with Gasteiger partial charge in [0.25, 0.3) is 0 Å². The van der Waals surface area contributed by atoms with Crippen LogP contribution in [0.2, 0.25) is 5.32 Å². The van der Waals surface area contributed by atoms with Crippen LogP contribution in [0.4, 0.5) is 0 Å². The van der Waals surface area contributed by atoms with Gasteiger partial charge in [0, 0.05) is 0 Å². The van der Waals surface area contributed by atoms with Gasteiger partial charge in [0.1, 0.15) is 0 Å². The molecule has 2 nitrogen and oxygen atoms in total. The van der Waals surface area contributed by atoms with Crippen LogP contribution in [-0.2, 0) is 6.61 Å². The second kappa shape index (κ2) is 8.66. The van der Waals surface area contributed by atoms with Crippen molar-refractivity contribution in [2.75, 3.05) is 0 Å². The number of ether oxygens (including phenoxy) is 1. The number of hydrogen-bond donors (Lipinski definition) is 0. The third-order valence-corrected chi connectivity index (χ3v) is 5.67.